The molecule has 0 aliphatic carbocycles. The lowest BCUT2D eigenvalue weighted by molar-refractivity contribution is 0.122. The lowest BCUT2D eigenvalue weighted by atomic mass is 10.2. The summed E-state index contributed by atoms with van der Waals surface area (Å²) in [5, 5.41) is 1.44. The van der Waals surface area contributed by atoms with Crippen LogP contribution in [-0.2, 0) is 14.8 Å². The van der Waals surface area contributed by atoms with Crippen LogP contribution >= 0.6 is 0 Å². The summed E-state index contributed by atoms with van der Waals surface area (Å²) in [6.45, 7) is 3.11. The Morgan fingerprint density at radius 3 is 2.54 bits per heavy atom. The molecule has 7 heteroatoms. The number of nitrogens with zero attached hydrogens (tertiary/aromatic N) is 2. The molecule has 0 amide bonds. The Balaban J connectivity index is 1.59. The molecule has 2 heterocycles. The highest BCUT2D eigenvalue weighted by Crippen LogP contribution is 2.25. The summed E-state index contributed by atoms with van der Waals surface area (Å²) in [6.07, 6.45) is 3.25. The SMILES string of the molecule is O=S(=O)(Nc1ccc(N2CCOCC2)cc1)c1cccc2cnccc12. The lowest BCUT2D eigenvalue weighted by Crippen LogP contribution is -2.36. The van der Waals surface area contributed by atoms with Crippen LogP contribution in [0.5, 0.6) is 0 Å². The maximum absolute atomic E-state index is 12.8. The van der Waals surface area contributed by atoms with Crippen LogP contribution in [0.2, 0.25) is 0 Å². The van der Waals surface area contributed by atoms with Crippen molar-refractivity contribution < 1.29 is 13.2 Å². The van der Waals surface area contributed by atoms with Gasteiger partial charge in [0.15, 0.2) is 0 Å². The standard InChI is InChI=1S/C19H19N3O3S/c23-26(24,19-3-1-2-15-14-20-9-8-18(15)19)21-16-4-6-17(7-5-16)22-10-12-25-13-11-22/h1-9,14,21H,10-13H2. The Labute approximate surface area is 152 Å². The van der Waals surface area contributed by atoms with Crippen molar-refractivity contribution in [1.82, 2.24) is 4.98 Å². The minimum atomic E-state index is -3.69. The number of anilines is 2. The number of hydrogen-bond acceptors (Lipinski definition) is 5. The van der Waals surface area contributed by atoms with E-state index < -0.39 is 10.0 Å². The average molecular weight is 369 g/mol. The van der Waals surface area contributed by atoms with E-state index in [0.29, 0.717) is 24.3 Å². The van der Waals surface area contributed by atoms with Gasteiger partial charge in [0.05, 0.1) is 18.1 Å². The molecular weight excluding hydrogens is 350 g/mol. The van der Waals surface area contributed by atoms with Crippen LogP contribution in [0.1, 0.15) is 0 Å². The van der Waals surface area contributed by atoms with E-state index in [2.05, 4.69) is 14.6 Å². The maximum Gasteiger partial charge on any atom is 0.262 e. The number of morpholine rings is 1. The number of rotatable bonds is 4. The molecule has 1 aliphatic heterocycles. The molecular formula is C19H19N3O3S. The van der Waals surface area contributed by atoms with Crippen molar-refractivity contribution >= 4 is 32.2 Å². The van der Waals surface area contributed by atoms with Crippen molar-refractivity contribution in [2.24, 2.45) is 0 Å². The fourth-order valence-corrected chi connectivity index (χ4v) is 4.39. The van der Waals surface area contributed by atoms with Gasteiger partial charge in [-0.3, -0.25) is 9.71 Å². The van der Waals surface area contributed by atoms with Crippen molar-refractivity contribution in [3.63, 3.8) is 0 Å². The van der Waals surface area contributed by atoms with Crippen molar-refractivity contribution in [2.45, 2.75) is 4.90 Å². The second-order valence-electron chi connectivity index (χ2n) is 6.10. The summed E-state index contributed by atoms with van der Waals surface area (Å²) in [6, 6.07) is 14.3. The van der Waals surface area contributed by atoms with Crippen LogP contribution in [-0.4, -0.2) is 39.7 Å². The Bertz CT molecular complexity index is 1010. The molecule has 1 aliphatic rings. The average Bonchev–Trinajstić information content (AvgIpc) is 2.68. The number of ether oxygens (including phenoxy) is 1. The Kier molecular flexibility index (Phi) is 4.48. The van der Waals surface area contributed by atoms with Gasteiger partial charge in [-0.15, -0.1) is 0 Å². The van der Waals surface area contributed by atoms with Gasteiger partial charge in [-0.2, -0.15) is 0 Å². The molecule has 0 atom stereocenters. The number of benzene rings is 2. The van der Waals surface area contributed by atoms with Gasteiger partial charge in [0.2, 0.25) is 0 Å². The van der Waals surface area contributed by atoms with Crippen LogP contribution in [0, 0.1) is 0 Å². The molecule has 0 spiro atoms. The summed E-state index contributed by atoms with van der Waals surface area (Å²) in [5.74, 6) is 0. The molecule has 134 valence electrons. The minimum Gasteiger partial charge on any atom is -0.378 e. The highest BCUT2D eigenvalue weighted by atomic mass is 32.2. The zero-order chi connectivity index (χ0) is 18.0. The zero-order valence-electron chi connectivity index (χ0n) is 14.1. The van der Waals surface area contributed by atoms with Gasteiger partial charge < -0.3 is 9.64 Å². The van der Waals surface area contributed by atoms with E-state index in [0.717, 1.165) is 24.2 Å². The maximum atomic E-state index is 12.8. The first-order valence-corrected chi connectivity index (χ1v) is 9.90. The fraction of sp³-hybridized carbons (Fsp3) is 0.211. The molecule has 26 heavy (non-hydrogen) atoms. The van der Waals surface area contributed by atoms with Crippen LogP contribution in [0.15, 0.2) is 65.8 Å². The van der Waals surface area contributed by atoms with Gasteiger partial charge in [-0.25, -0.2) is 8.42 Å². The summed E-state index contributed by atoms with van der Waals surface area (Å²) < 4.78 is 33.7. The Morgan fingerprint density at radius 2 is 1.77 bits per heavy atom. The second kappa shape index (κ2) is 6.93. The molecule has 0 bridgehead atoms. The lowest BCUT2D eigenvalue weighted by Gasteiger charge is -2.28. The molecule has 3 aromatic rings. The topological polar surface area (TPSA) is 71.5 Å². The third kappa shape index (κ3) is 3.36. The smallest absolute Gasteiger partial charge is 0.262 e. The summed E-state index contributed by atoms with van der Waals surface area (Å²) in [5.41, 5.74) is 1.60. The summed E-state index contributed by atoms with van der Waals surface area (Å²) >= 11 is 0. The first-order chi connectivity index (χ1) is 12.6. The highest BCUT2D eigenvalue weighted by molar-refractivity contribution is 7.93. The predicted molar refractivity (Wildman–Crippen MR) is 102 cm³/mol. The van der Waals surface area contributed by atoms with Crippen molar-refractivity contribution in [3.8, 4) is 0 Å². The molecule has 1 N–H and O–H groups in total. The van der Waals surface area contributed by atoms with E-state index >= 15 is 0 Å². The summed E-state index contributed by atoms with van der Waals surface area (Å²) in [7, 11) is -3.69. The van der Waals surface area contributed by atoms with Gasteiger partial charge in [-0.05, 0) is 36.4 Å². The monoisotopic (exact) mass is 369 g/mol. The number of fused-ring (bicyclic) bond motifs is 1. The first kappa shape index (κ1) is 16.8. The van der Waals surface area contributed by atoms with Crippen LogP contribution in [0.25, 0.3) is 10.8 Å². The molecule has 2 aromatic carbocycles. The molecule has 4 rings (SSSR count). The predicted octanol–water partition coefficient (Wildman–Crippen LogP) is 2.87. The van der Waals surface area contributed by atoms with Crippen LogP contribution < -0.4 is 9.62 Å². The van der Waals surface area contributed by atoms with Crippen molar-refractivity contribution in [3.05, 3.63) is 60.9 Å². The minimum absolute atomic E-state index is 0.245. The van der Waals surface area contributed by atoms with Gasteiger partial charge in [0.1, 0.15) is 0 Å². The van der Waals surface area contributed by atoms with E-state index in [9.17, 15) is 8.42 Å². The van der Waals surface area contributed by atoms with E-state index in [1.54, 1.807) is 42.7 Å². The van der Waals surface area contributed by atoms with Crippen molar-refractivity contribution in [2.75, 3.05) is 35.9 Å². The molecule has 6 nitrogen and oxygen atoms in total. The molecule has 1 fully saturated rings. The Morgan fingerprint density at radius 1 is 1.00 bits per heavy atom. The molecule has 0 saturated carbocycles. The zero-order valence-corrected chi connectivity index (χ0v) is 14.9. The van der Waals surface area contributed by atoms with E-state index in [4.69, 9.17) is 4.74 Å². The number of nitrogens with one attached hydrogen (secondary N) is 1. The van der Waals surface area contributed by atoms with Crippen molar-refractivity contribution in [1.29, 1.82) is 0 Å². The van der Waals surface area contributed by atoms with E-state index in [1.165, 1.54) is 0 Å². The third-order valence-corrected chi connectivity index (χ3v) is 5.87. The van der Waals surface area contributed by atoms with E-state index in [-0.39, 0.29) is 4.90 Å². The van der Waals surface area contributed by atoms with Gasteiger partial charge in [0, 0.05) is 47.6 Å². The third-order valence-electron chi connectivity index (χ3n) is 4.43. The summed E-state index contributed by atoms with van der Waals surface area (Å²) in [4.78, 5) is 6.51. The number of hydrogen-bond donors (Lipinski definition) is 1. The second-order valence-corrected chi connectivity index (χ2v) is 7.76. The largest absolute Gasteiger partial charge is 0.378 e. The van der Waals surface area contributed by atoms with Gasteiger partial charge in [0.25, 0.3) is 10.0 Å². The number of aromatic nitrogens is 1. The number of sulfonamides is 1. The van der Waals surface area contributed by atoms with Crippen LogP contribution in [0.3, 0.4) is 0 Å². The number of pyridine rings is 1. The quantitative estimate of drug-likeness (QED) is 0.766. The first-order valence-electron chi connectivity index (χ1n) is 8.42. The van der Waals surface area contributed by atoms with Crippen LogP contribution in [0.4, 0.5) is 11.4 Å². The normalized spacial score (nSPS) is 15.2. The Hall–Kier alpha value is -2.64. The molecule has 0 unspecified atom stereocenters. The fourth-order valence-electron chi connectivity index (χ4n) is 3.10. The molecule has 0 radical (unpaired) electrons. The molecule has 1 aromatic heterocycles. The molecule has 1 saturated heterocycles. The van der Waals surface area contributed by atoms with Gasteiger partial charge >= 0.3 is 0 Å². The van der Waals surface area contributed by atoms with Gasteiger partial charge in [-0.1, -0.05) is 12.1 Å². The van der Waals surface area contributed by atoms with E-state index in [1.807, 2.05) is 18.2 Å². The highest BCUT2D eigenvalue weighted by Gasteiger charge is 2.18.